The summed E-state index contributed by atoms with van der Waals surface area (Å²) >= 11 is 0.999. The van der Waals surface area contributed by atoms with E-state index in [1.54, 1.807) is 4.68 Å². The first kappa shape index (κ1) is 18.6. The van der Waals surface area contributed by atoms with Gasteiger partial charge in [0, 0.05) is 12.2 Å². The smallest absolute Gasteiger partial charge is 0.258 e. The fourth-order valence-corrected chi connectivity index (χ4v) is 4.69. The number of sulfone groups is 1. The van der Waals surface area contributed by atoms with Crippen LogP contribution in [0.3, 0.4) is 0 Å². The van der Waals surface area contributed by atoms with Crippen LogP contribution in [-0.2, 0) is 9.84 Å². The van der Waals surface area contributed by atoms with Gasteiger partial charge in [0.2, 0.25) is 5.16 Å². The van der Waals surface area contributed by atoms with Gasteiger partial charge in [-0.25, -0.2) is 18.1 Å². The summed E-state index contributed by atoms with van der Waals surface area (Å²) in [6.45, 7) is 0. The van der Waals surface area contributed by atoms with Gasteiger partial charge in [-0.15, -0.1) is 5.10 Å². The first-order valence-electron chi connectivity index (χ1n) is 8.52. The Morgan fingerprint density at radius 1 is 1.14 bits per heavy atom. The van der Waals surface area contributed by atoms with Crippen molar-refractivity contribution >= 4 is 27.3 Å². The number of nitro benzene ring substituents is 1. The standard InChI is InChI=1S/C18H16N4O4S2/c1-28(25,26)15-9-5-8-14(16(15)22(23)24)27-18-19-17(12-10-11-12)21(20-18)13-6-3-2-4-7-13/h2-9,12H,10-11H2,1H3. The van der Waals surface area contributed by atoms with Crippen molar-refractivity contribution in [3.63, 3.8) is 0 Å². The van der Waals surface area contributed by atoms with Crippen molar-refractivity contribution in [3.8, 4) is 5.69 Å². The van der Waals surface area contributed by atoms with Crippen LogP contribution < -0.4 is 0 Å². The maximum atomic E-state index is 12.0. The molecule has 0 amide bonds. The van der Waals surface area contributed by atoms with Crippen LogP contribution in [-0.4, -0.2) is 34.4 Å². The minimum absolute atomic E-state index is 0.195. The molecule has 144 valence electrons. The molecule has 1 fully saturated rings. The molecule has 10 heteroatoms. The van der Waals surface area contributed by atoms with Crippen molar-refractivity contribution in [2.45, 2.75) is 33.7 Å². The van der Waals surface area contributed by atoms with Gasteiger partial charge in [-0.2, -0.15) is 0 Å². The van der Waals surface area contributed by atoms with Crippen LogP contribution in [0, 0.1) is 10.1 Å². The summed E-state index contributed by atoms with van der Waals surface area (Å²) in [5, 5.41) is 16.4. The number of nitro groups is 1. The topological polar surface area (TPSA) is 108 Å². The second-order valence-corrected chi connectivity index (χ2v) is 9.50. The van der Waals surface area contributed by atoms with Crippen molar-refractivity contribution in [1.29, 1.82) is 0 Å². The average Bonchev–Trinajstić information content (AvgIpc) is 3.42. The van der Waals surface area contributed by atoms with Gasteiger partial charge in [0.25, 0.3) is 0 Å². The van der Waals surface area contributed by atoms with E-state index in [1.165, 1.54) is 18.2 Å². The Bertz CT molecular complexity index is 1160. The van der Waals surface area contributed by atoms with E-state index in [0.29, 0.717) is 11.1 Å². The van der Waals surface area contributed by atoms with Gasteiger partial charge in [0.05, 0.1) is 15.5 Å². The van der Waals surface area contributed by atoms with Gasteiger partial charge in [0.15, 0.2) is 9.84 Å². The highest BCUT2D eigenvalue weighted by molar-refractivity contribution is 7.99. The summed E-state index contributed by atoms with van der Waals surface area (Å²) in [5.74, 6) is 1.13. The molecule has 1 aliphatic rings. The predicted octanol–water partition coefficient (Wildman–Crippen LogP) is 3.61. The average molecular weight is 416 g/mol. The Hall–Kier alpha value is -2.72. The summed E-state index contributed by atoms with van der Waals surface area (Å²) in [5.41, 5.74) is 0.419. The zero-order chi connectivity index (χ0) is 19.9. The van der Waals surface area contributed by atoms with Crippen LogP contribution in [0.5, 0.6) is 0 Å². The van der Waals surface area contributed by atoms with E-state index in [-0.39, 0.29) is 9.79 Å². The highest BCUT2D eigenvalue weighted by Gasteiger charge is 2.32. The molecular weight excluding hydrogens is 400 g/mol. The van der Waals surface area contributed by atoms with Crippen LogP contribution in [0.4, 0.5) is 5.69 Å². The largest absolute Gasteiger partial charge is 0.301 e. The molecule has 4 rings (SSSR count). The summed E-state index contributed by atoms with van der Waals surface area (Å²) in [6.07, 6.45) is 3.01. The van der Waals surface area contributed by atoms with Gasteiger partial charge in [-0.1, -0.05) is 24.3 Å². The van der Waals surface area contributed by atoms with Crippen molar-refractivity contribution in [2.75, 3.05) is 6.26 Å². The number of aromatic nitrogens is 3. The molecule has 8 nitrogen and oxygen atoms in total. The third-order valence-corrected chi connectivity index (χ3v) is 6.33. The molecule has 0 radical (unpaired) electrons. The van der Waals surface area contributed by atoms with Gasteiger partial charge in [0.1, 0.15) is 10.7 Å². The second kappa shape index (κ2) is 7.02. The lowest BCUT2D eigenvalue weighted by Crippen LogP contribution is -2.04. The molecule has 0 spiro atoms. The molecule has 1 aromatic heterocycles. The summed E-state index contributed by atoms with van der Waals surface area (Å²) in [4.78, 5) is 15.4. The highest BCUT2D eigenvalue weighted by atomic mass is 32.2. The zero-order valence-corrected chi connectivity index (χ0v) is 16.5. The number of para-hydroxylation sites is 2. The molecule has 1 saturated carbocycles. The zero-order valence-electron chi connectivity index (χ0n) is 14.8. The fourth-order valence-electron chi connectivity index (χ4n) is 2.87. The first-order chi connectivity index (χ1) is 13.3. The maximum absolute atomic E-state index is 12.0. The summed E-state index contributed by atoms with van der Waals surface area (Å²) in [6, 6.07) is 13.8. The molecule has 0 unspecified atom stereocenters. The van der Waals surface area contributed by atoms with Crippen LogP contribution in [0.1, 0.15) is 24.6 Å². The molecule has 0 saturated heterocycles. The predicted molar refractivity (Wildman–Crippen MR) is 104 cm³/mol. The number of hydrogen-bond donors (Lipinski definition) is 0. The summed E-state index contributed by atoms with van der Waals surface area (Å²) < 4.78 is 25.7. The molecule has 0 bridgehead atoms. The van der Waals surface area contributed by atoms with E-state index in [9.17, 15) is 18.5 Å². The second-order valence-electron chi connectivity index (χ2n) is 6.51. The first-order valence-corrected chi connectivity index (χ1v) is 11.2. The van der Waals surface area contributed by atoms with Crippen molar-refractivity contribution in [3.05, 3.63) is 64.5 Å². The van der Waals surface area contributed by atoms with Crippen molar-refractivity contribution in [2.24, 2.45) is 0 Å². The van der Waals surface area contributed by atoms with Crippen LogP contribution >= 0.6 is 11.8 Å². The highest BCUT2D eigenvalue weighted by Crippen LogP contribution is 2.42. The number of rotatable bonds is 6. The minimum atomic E-state index is -3.74. The lowest BCUT2D eigenvalue weighted by Gasteiger charge is -2.05. The van der Waals surface area contributed by atoms with E-state index in [4.69, 9.17) is 0 Å². The number of hydrogen-bond acceptors (Lipinski definition) is 7. The van der Waals surface area contributed by atoms with E-state index in [0.717, 1.165) is 42.4 Å². The van der Waals surface area contributed by atoms with E-state index >= 15 is 0 Å². The Balaban J connectivity index is 1.78. The van der Waals surface area contributed by atoms with Gasteiger partial charge in [-0.05, 0) is 48.9 Å². The Morgan fingerprint density at radius 2 is 1.86 bits per heavy atom. The normalized spacial score (nSPS) is 14.2. The molecule has 0 N–H and O–H groups in total. The van der Waals surface area contributed by atoms with E-state index in [1.807, 2.05) is 30.3 Å². The molecule has 0 atom stereocenters. The van der Waals surface area contributed by atoms with Crippen LogP contribution in [0.25, 0.3) is 5.69 Å². The van der Waals surface area contributed by atoms with Gasteiger partial charge < -0.3 is 0 Å². The molecule has 3 aromatic rings. The van der Waals surface area contributed by atoms with Crippen LogP contribution in [0.2, 0.25) is 0 Å². The van der Waals surface area contributed by atoms with E-state index < -0.39 is 20.4 Å². The van der Waals surface area contributed by atoms with Gasteiger partial charge >= 0.3 is 5.69 Å². The van der Waals surface area contributed by atoms with Crippen molar-refractivity contribution in [1.82, 2.24) is 14.8 Å². The minimum Gasteiger partial charge on any atom is -0.258 e. The SMILES string of the molecule is CS(=O)(=O)c1cccc(Sc2nc(C3CC3)n(-c3ccccc3)n2)c1[N+](=O)[O-]. The molecule has 1 aliphatic carbocycles. The molecular formula is C18H16N4O4S2. The Kier molecular flexibility index (Phi) is 4.68. The molecule has 0 aliphatic heterocycles. The third-order valence-electron chi connectivity index (χ3n) is 4.30. The Labute approximate surface area is 165 Å². The number of nitrogens with zero attached hydrogens (tertiary/aromatic N) is 4. The monoisotopic (exact) mass is 416 g/mol. The lowest BCUT2D eigenvalue weighted by atomic mass is 10.3. The number of benzene rings is 2. The molecule has 1 heterocycles. The Morgan fingerprint density at radius 3 is 2.46 bits per heavy atom. The third kappa shape index (κ3) is 3.65. The van der Waals surface area contributed by atoms with Crippen LogP contribution in [0.15, 0.2) is 63.5 Å². The summed E-state index contributed by atoms with van der Waals surface area (Å²) in [7, 11) is -3.74. The quantitative estimate of drug-likeness (QED) is 0.446. The maximum Gasteiger partial charge on any atom is 0.301 e. The van der Waals surface area contributed by atoms with Crippen molar-refractivity contribution < 1.29 is 13.3 Å². The fraction of sp³-hybridized carbons (Fsp3) is 0.222. The molecule has 2 aromatic carbocycles. The lowest BCUT2D eigenvalue weighted by molar-refractivity contribution is -0.390. The van der Waals surface area contributed by atoms with E-state index in [2.05, 4.69) is 10.1 Å². The molecule has 28 heavy (non-hydrogen) atoms. The van der Waals surface area contributed by atoms with Gasteiger partial charge in [-0.3, -0.25) is 10.1 Å².